The number of benzene rings is 20. The molecule has 0 aliphatic heterocycles. The monoisotopic (exact) mass is 1760 g/mol. The molecule has 133 heavy (non-hydrogen) atoms. The van der Waals surface area contributed by atoms with E-state index in [4.69, 9.17) is 0 Å². The Labute approximate surface area is 806 Å². The second-order valence-electron chi connectivity index (χ2n) is 32.4. The number of fused-ring (bicyclic) bond motifs is 17. The van der Waals surface area contributed by atoms with Gasteiger partial charge in [-0.1, -0.05) is 489 Å². The van der Waals surface area contributed by atoms with Crippen molar-refractivity contribution >= 4 is 129 Å². The molecule has 0 nitrogen and oxygen atoms in total. The van der Waals surface area contributed by atoms with E-state index in [1.807, 2.05) is 138 Å². The van der Waals surface area contributed by atoms with Crippen molar-refractivity contribution in [2.45, 2.75) is 255 Å². The minimum absolute atomic E-state index is 0.142. The van der Waals surface area contributed by atoms with Gasteiger partial charge in [-0.15, -0.1) is 0 Å². The second kappa shape index (κ2) is 55.8. The van der Waals surface area contributed by atoms with Gasteiger partial charge in [-0.2, -0.15) is 0 Å². The summed E-state index contributed by atoms with van der Waals surface area (Å²) < 4.78 is 0. The van der Waals surface area contributed by atoms with Crippen LogP contribution in [0.5, 0.6) is 0 Å². The van der Waals surface area contributed by atoms with Crippen LogP contribution in [-0.2, 0) is 5.41 Å². The maximum atomic E-state index is 2.34. The average molecular weight is 1760 g/mol. The first kappa shape index (κ1) is 111. The summed E-state index contributed by atoms with van der Waals surface area (Å²) in [6, 6.07) is 119. The lowest BCUT2D eigenvalue weighted by molar-refractivity contribution is 0.659. The lowest BCUT2D eigenvalue weighted by Crippen LogP contribution is -2.15. The minimum atomic E-state index is 0.142. The highest BCUT2D eigenvalue weighted by molar-refractivity contribution is 6.11. The molecule has 0 bridgehead atoms. The number of hydrogen-bond acceptors (Lipinski definition) is 0. The van der Waals surface area contributed by atoms with Crippen molar-refractivity contribution < 1.29 is 0 Å². The topological polar surface area (TPSA) is 0 Å². The molecule has 0 atom stereocenters. The lowest BCUT2D eigenvalue weighted by atomic mass is 9.81. The molecule has 0 spiro atoms. The van der Waals surface area contributed by atoms with Crippen molar-refractivity contribution in [2.75, 3.05) is 0 Å². The van der Waals surface area contributed by atoms with Crippen molar-refractivity contribution in [1.29, 1.82) is 0 Å². The van der Waals surface area contributed by atoms with Crippen molar-refractivity contribution in [1.82, 2.24) is 0 Å². The second-order valence-corrected chi connectivity index (χ2v) is 32.4. The van der Waals surface area contributed by atoms with Gasteiger partial charge in [0.15, 0.2) is 0 Å². The number of rotatable bonds is 0. The summed E-state index contributed by atoms with van der Waals surface area (Å²) in [6.07, 6.45) is 0. The third-order valence-corrected chi connectivity index (χ3v) is 23.6. The third kappa shape index (κ3) is 27.4. The molecule has 20 aromatic carbocycles. The molecule has 0 heterocycles. The van der Waals surface area contributed by atoms with Crippen LogP contribution < -0.4 is 0 Å². The van der Waals surface area contributed by atoms with Crippen LogP contribution >= 0.6 is 0 Å². The zero-order valence-corrected chi connectivity index (χ0v) is 88.7. The SMILES string of the molecule is CC.CC.CC.CC.CC.CC.CC.CC.CC.CC.Cc1c2ccccc2c(C)c2ccccc12.Cc1ccc(C)c2cc3ccccc3cc12.Cc1ccc2c(c1)C(C)(C)c1cc(C)ccc1-2.Cc1ccc2c(ccc3cc(C)ccc32)c1.Cc1ccc2cc(C)c3ccccc3c2c1.Cc1ccc2cc3cc(C)ccc3cc2c1.Cc1cccc2c(C)c3ccccc3cc12. The normalized spacial score (nSPS) is 10.5. The quantitative estimate of drug-likeness (QED) is 0.105. The van der Waals surface area contributed by atoms with Gasteiger partial charge in [0, 0.05) is 5.41 Å². The standard InChI is InChI=1S/C17H18.6C16H14.10C2H6/c1-11-5-7-13-14-8-6-12(2)10-16(14)17(3,4)15(13)9-11;1-11-3-7-15-13(9-11)5-6-14-10-12(2)4-8-16(14)15;1-11-3-5-13-10-16-8-12(2)4-6-14(16)9-15(13)7-11;1-11-13-7-3-5-9-15(13)12(2)16-10-6-4-8-14(11)16;1-11-6-5-9-15-12(2)14-8-4-3-7-13(14)10-16(11)15;1-11-7-8-12(2)16-10-14-6-4-3-5-13(14)9-15(11)16;1-11-7-8-13-10-12(2)14-5-3-4-6-15(14)16(13)9-11;10*1-2/h5-10H,1-4H3;6*3-10H,1-2H3;10*1-2H3. The fourth-order valence-electron chi connectivity index (χ4n) is 17.3. The molecule has 0 unspecified atom stereocenters. The first-order chi connectivity index (χ1) is 64.5. The molecule has 0 heteroatoms. The summed E-state index contributed by atoms with van der Waals surface area (Å²) in [5, 5.41) is 32.4. The zero-order chi connectivity index (χ0) is 98.9. The van der Waals surface area contributed by atoms with E-state index in [0.29, 0.717) is 0 Å². The van der Waals surface area contributed by atoms with Gasteiger partial charge in [-0.05, 0) is 318 Å². The maximum absolute atomic E-state index is 2.34. The highest BCUT2D eigenvalue weighted by atomic mass is 14.4. The van der Waals surface area contributed by atoms with Crippen LogP contribution in [-0.4, -0.2) is 0 Å². The Kier molecular flexibility index (Phi) is 46.6. The Balaban J connectivity index is 0.000000266. The van der Waals surface area contributed by atoms with Crippen LogP contribution in [0.4, 0.5) is 0 Å². The Morgan fingerprint density at radius 1 is 0.135 bits per heavy atom. The molecule has 0 radical (unpaired) electrons. The van der Waals surface area contributed by atoms with E-state index in [9.17, 15) is 0 Å². The van der Waals surface area contributed by atoms with Gasteiger partial charge in [-0.25, -0.2) is 0 Å². The molecule has 0 saturated heterocycles. The van der Waals surface area contributed by atoms with Crippen molar-refractivity contribution in [3.63, 3.8) is 0 Å². The molecule has 0 saturated carbocycles. The van der Waals surface area contributed by atoms with Gasteiger partial charge in [-0.3, -0.25) is 0 Å². The molecule has 0 amide bonds. The van der Waals surface area contributed by atoms with Crippen LogP contribution in [0, 0.1) is 96.9 Å². The summed E-state index contributed by atoms with van der Waals surface area (Å²) >= 11 is 0. The van der Waals surface area contributed by atoms with E-state index >= 15 is 0 Å². The van der Waals surface area contributed by atoms with E-state index in [1.165, 1.54) is 229 Å². The van der Waals surface area contributed by atoms with Crippen LogP contribution in [0.2, 0.25) is 0 Å². The first-order valence-corrected chi connectivity index (χ1v) is 50.1. The third-order valence-electron chi connectivity index (χ3n) is 23.6. The summed E-state index contributed by atoms with van der Waals surface area (Å²) in [6.45, 7) is 75.1. The molecule has 1 aliphatic carbocycles. The van der Waals surface area contributed by atoms with Crippen molar-refractivity contribution in [3.05, 3.63) is 417 Å². The smallest absolute Gasteiger partial charge is 0.0159 e. The van der Waals surface area contributed by atoms with Crippen LogP contribution in [0.1, 0.15) is 241 Å². The molecule has 21 rings (SSSR count). The van der Waals surface area contributed by atoms with Crippen molar-refractivity contribution in [2.24, 2.45) is 0 Å². The molecule has 694 valence electrons. The highest BCUT2D eigenvalue weighted by Gasteiger charge is 2.35. The molecule has 1 aliphatic rings. The van der Waals surface area contributed by atoms with Gasteiger partial charge in [0.1, 0.15) is 0 Å². The average Bonchev–Trinajstić information content (AvgIpc) is 1.55. The van der Waals surface area contributed by atoms with Crippen molar-refractivity contribution in [3.8, 4) is 11.1 Å². The Morgan fingerprint density at radius 2 is 0.383 bits per heavy atom. The van der Waals surface area contributed by atoms with Gasteiger partial charge in [0.05, 0.1) is 0 Å². The van der Waals surface area contributed by atoms with Gasteiger partial charge in [0.25, 0.3) is 0 Å². The van der Waals surface area contributed by atoms with E-state index < -0.39 is 0 Å². The maximum Gasteiger partial charge on any atom is 0.0159 e. The largest absolute Gasteiger partial charge is 0.0683 e. The Bertz CT molecular complexity index is 6620. The molecule has 20 aromatic rings. The fourth-order valence-corrected chi connectivity index (χ4v) is 17.3. The minimum Gasteiger partial charge on any atom is -0.0683 e. The summed E-state index contributed by atoms with van der Waals surface area (Å²) in [4.78, 5) is 0. The molecule has 0 fully saturated rings. The number of hydrogen-bond donors (Lipinski definition) is 0. The first-order valence-electron chi connectivity index (χ1n) is 50.1. The molecular formula is C133H162. The summed E-state index contributed by atoms with van der Waals surface area (Å²) in [5.41, 5.74) is 24.8. The van der Waals surface area contributed by atoms with E-state index in [2.05, 4.69) is 438 Å². The van der Waals surface area contributed by atoms with Crippen LogP contribution in [0.25, 0.3) is 140 Å². The molecule has 0 aromatic heterocycles. The van der Waals surface area contributed by atoms with E-state index in [-0.39, 0.29) is 5.41 Å². The molecule has 0 N–H and O–H groups in total. The van der Waals surface area contributed by atoms with Gasteiger partial charge >= 0.3 is 0 Å². The van der Waals surface area contributed by atoms with Gasteiger partial charge < -0.3 is 0 Å². The van der Waals surface area contributed by atoms with Crippen LogP contribution in [0.3, 0.4) is 0 Å². The van der Waals surface area contributed by atoms with E-state index in [1.54, 1.807) is 0 Å². The van der Waals surface area contributed by atoms with Crippen LogP contribution in [0.15, 0.2) is 328 Å². The Morgan fingerprint density at radius 3 is 0.789 bits per heavy atom. The summed E-state index contributed by atoms with van der Waals surface area (Å²) in [7, 11) is 0. The lowest BCUT2D eigenvalue weighted by Gasteiger charge is -2.22. The molecular weight excluding hydrogens is 1600 g/mol. The predicted molar refractivity (Wildman–Crippen MR) is 613 cm³/mol. The highest BCUT2D eigenvalue weighted by Crippen LogP contribution is 2.49. The zero-order valence-electron chi connectivity index (χ0n) is 88.7. The number of aryl methyl sites for hydroxylation is 14. The summed E-state index contributed by atoms with van der Waals surface area (Å²) in [5.74, 6) is 0. The Hall–Kier alpha value is -12.5. The fraction of sp³-hybridized carbons (Fsp3) is 0.278. The predicted octanol–water partition coefficient (Wildman–Crippen LogP) is 42.5. The van der Waals surface area contributed by atoms with E-state index in [0.717, 1.165) is 0 Å². The van der Waals surface area contributed by atoms with Gasteiger partial charge in [0.2, 0.25) is 0 Å².